The summed E-state index contributed by atoms with van der Waals surface area (Å²) in [6, 6.07) is 3.54. The smallest absolute Gasteiger partial charge is 0.167 e. The molecule has 0 spiro atoms. The number of hydrogen-bond donors (Lipinski definition) is 3. The van der Waals surface area contributed by atoms with Crippen LogP contribution in [-0.4, -0.2) is 54.7 Å². The van der Waals surface area contributed by atoms with Crippen molar-refractivity contribution in [3.05, 3.63) is 36.8 Å². The molecule has 0 radical (unpaired) electrons. The zero-order chi connectivity index (χ0) is 17.4. The van der Waals surface area contributed by atoms with Gasteiger partial charge in [0.2, 0.25) is 0 Å². The largest absolute Gasteiger partial charge is 0.467 e. The fraction of sp³-hybridized carbons (Fsp3) is 0.400. The Balaban J connectivity index is 1.48. The highest BCUT2D eigenvalue weighted by Crippen LogP contribution is 2.32. The van der Waals surface area contributed by atoms with E-state index in [0.717, 1.165) is 0 Å². The molecule has 0 bridgehead atoms. The molecule has 0 unspecified atom stereocenters. The molecule has 10 heteroatoms. The minimum absolute atomic E-state index is 0.0964. The lowest BCUT2D eigenvalue weighted by atomic mass is 10.1. The average molecular weight is 347 g/mol. The molecule has 0 saturated carbocycles. The van der Waals surface area contributed by atoms with E-state index in [1.807, 2.05) is 0 Å². The van der Waals surface area contributed by atoms with Gasteiger partial charge in [-0.25, -0.2) is 15.0 Å². The molecule has 132 valence electrons. The zero-order valence-corrected chi connectivity index (χ0v) is 13.1. The topological polar surface area (TPSA) is 142 Å². The first-order valence-electron chi connectivity index (χ1n) is 7.70. The second kappa shape index (κ2) is 6.41. The maximum atomic E-state index is 10.3. The van der Waals surface area contributed by atoms with Gasteiger partial charge in [0.15, 0.2) is 17.7 Å². The minimum Gasteiger partial charge on any atom is -0.467 e. The molecule has 0 aromatic carbocycles. The third-order valence-corrected chi connectivity index (χ3v) is 4.10. The van der Waals surface area contributed by atoms with Gasteiger partial charge in [-0.2, -0.15) is 0 Å². The summed E-state index contributed by atoms with van der Waals surface area (Å²) in [5, 5.41) is 20.6. The Kier molecular flexibility index (Phi) is 4.09. The Hall–Kier alpha value is -2.53. The minimum atomic E-state index is -1.16. The highest BCUT2D eigenvalue weighted by atomic mass is 16.6. The maximum absolute atomic E-state index is 10.3. The summed E-state index contributed by atoms with van der Waals surface area (Å²) in [7, 11) is 0. The molecule has 0 aliphatic carbocycles. The van der Waals surface area contributed by atoms with Crippen molar-refractivity contribution in [3.8, 4) is 0 Å². The van der Waals surface area contributed by atoms with Crippen LogP contribution in [-0.2, 0) is 16.1 Å². The number of aromatic nitrogens is 4. The predicted octanol–water partition coefficient (Wildman–Crippen LogP) is -0.163. The van der Waals surface area contributed by atoms with Crippen molar-refractivity contribution in [1.82, 2.24) is 19.5 Å². The SMILES string of the molecule is Nc1ncnc2c1ncn2[C@@H]1O[C@H](COCc2ccco2)[C@@H](O)[C@H]1O. The third-order valence-electron chi connectivity index (χ3n) is 4.10. The van der Waals surface area contributed by atoms with Crippen molar-refractivity contribution < 1.29 is 24.1 Å². The first kappa shape index (κ1) is 16.0. The second-order valence-electron chi connectivity index (χ2n) is 5.72. The Morgan fingerprint density at radius 3 is 2.92 bits per heavy atom. The summed E-state index contributed by atoms with van der Waals surface area (Å²) in [6.07, 6.45) is 0.471. The molecule has 1 saturated heterocycles. The number of hydrogen-bond acceptors (Lipinski definition) is 9. The number of furan rings is 1. The van der Waals surface area contributed by atoms with Crippen LogP contribution in [0.5, 0.6) is 0 Å². The van der Waals surface area contributed by atoms with Crippen LogP contribution in [0.2, 0.25) is 0 Å². The van der Waals surface area contributed by atoms with Crippen molar-refractivity contribution in [2.75, 3.05) is 12.3 Å². The lowest BCUT2D eigenvalue weighted by Crippen LogP contribution is -2.33. The van der Waals surface area contributed by atoms with E-state index in [0.29, 0.717) is 16.9 Å². The summed E-state index contributed by atoms with van der Waals surface area (Å²) >= 11 is 0. The van der Waals surface area contributed by atoms with E-state index in [4.69, 9.17) is 19.6 Å². The van der Waals surface area contributed by atoms with E-state index in [1.165, 1.54) is 17.2 Å². The van der Waals surface area contributed by atoms with Gasteiger partial charge in [-0.1, -0.05) is 0 Å². The number of nitrogens with two attached hydrogens (primary N) is 1. The van der Waals surface area contributed by atoms with Crippen LogP contribution in [0, 0.1) is 0 Å². The Morgan fingerprint density at radius 2 is 2.12 bits per heavy atom. The Bertz CT molecular complexity index is 851. The standard InChI is InChI=1S/C15H17N5O5/c16-13-10-14(18-6-17-13)20(7-19-10)15-12(22)11(21)9(25-15)5-23-4-8-2-1-3-24-8/h1-3,6-7,9,11-12,15,21-22H,4-5H2,(H2,16,17,18)/t9-,11-,12-,15-/m1/s1. The molecule has 3 aromatic rings. The van der Waals surface area contributed by atoms with Crippen LogP contribution in [0.25, 0.3) is 11.2 Å². The van der Waals surface area contributed by atoms with Crippen LogP contribution in [0.1, 0.15) is 12.0 Å². The van der Waals surface area contributed by atoms with E-state index < -0.39 is 24.5 Å². The molecular weight excluding hydrogens is 330 g/mol. The summed E-state index contributed by atoms with van der Waals surface area (Å²) in [5.74, 6) is 0.896. The average Bonchev–Trinajstić information content (AvgIpc) is 3.32. The number of nitrogen functional groups attached to an aromatic ring is 1. The summed E-state index contributed by atoms with van der Waals surface area (Å²) in [5.41, 5.74) is 6.59. The summed E-state index contributed by atoms with van der Waals surface area (Å²) < 4.78 is 17.9. The van der Waals surface area contributed by atoms with Gasteiger partial charge >= 0.3 is 0 Å². The number of fused-ring (bicyclic) bond motifs is 1. The molecule has 3 aromatic heterocycles. The van der Waals surface area contributed by atoms with Crippen molar-refractivity contribution in [2.24, 2.45) is 0 Å². The summed E-state index contributed by atoms with van der Waals surface area (Å²) in [4.78, 5) is 12.1. The van der Waals surface area contributed by atoms with E-state index in [2.05, 4.69) is 15.0 Å². The van der Waals surface area contributed by atoms with Crippen LogP contribution >= 0.6 is 0 Å². The maximum Gasteiger partial charge on any atom is 0.167 e. The Morgan fingerprint density at radius 1 is 1.24 bits per heavy atom. The molecule has 0 amide bonds. The van der Waals surface area contributed by atoms with Crippen molar-refractivity contribution in [2.45, 2.75) is 31.1 Å². The molecule has 4 rings (SSSR count). The molecule has 1 aliphatic rings. The molecule has 4 heterocycles. The fourth-order valence-electron chi connectivity index (χ4n) is 2.82. The highest BCUT2D eigenvalue weighted by molar-refractivity contribution is 5.81. The Labute approximate surface area is 141 Å². The van der Waals surface area contributed by atoms with Crippen LogP contribution in [0.3, 0.4) is 0 Å². The first-order valence-corrected chi connectivity index (χ1v) is 7.70. The van der Waals surface area contributed by atoms with Gasteiger partial charge in [-0.3, -0.25) is 4.57 Å². The molecule has 4 N–H and O–H groups in total. The number of nitrogens with zero attached hydrogens (tertiary/aromatic N) is 4. The summed E-state index contributed by atoms with van der Waals surface area (Å²) in [6.45, 7) is 0.345. The zero-order valence-electron chi connectivity index (χ0n) is 13.1. The number of ether oxygens (including phenoxy) is 2. The number of imidazole rings is 1. The van der Waals surface area contributed by atoms with Gasteiger partial charge in [0, 0.05) is 0 Å². The monoisotopic (exact) mass is 347 g/mol. The van der Waals surface area contributed by atoms with Crippen molar-refractivity contribution >= 4 is 17.0 Å². The number of aliphatic hydroxyl groups is 2. The lowest BCUT2D eigenvalue weighted by Gasteiger charge is -2.16. The van der Waals surface area contributed by atoms with Gasteiger partial charge in [-0.05, 0) is 12.1 Å². The van der Waals surface area contributed by atoms with E-state index >= 15 is 0 Å². The normalized spacial score (nSPS) is 26.5. The number of aliphatic hydroxyl groups excluding tert-OH is 2. The highest BCUT2D eigenvalue weighted by Gasteiger charge is 2.44. The molecule has 1 aliphatic heterocycles. The molecule has 10 nitrogen and oxygen atoms in total. The van der Waals surface area contributed by atoms with Crippen LogP contribution < -0.4 is 5.73 Å². The molecule has 25 heavy (non-hydrogen) atoms. The van der Waals surface area contributed by atoms with E-state index in [9.17, 15) is 10.2 Å². The third kappa shape index (κ3) is 2.85. The molecule has 4 atom stereocenters. The molecule has 1 fully saturated rings. The second-order valence-corrected chi connectivity index (χ2v) is 5.72. The lowest BCUT2D eigenvalue weighted by molar-refractivity contribution is -0.0698. The quantitative estimate of drug-likeness (QED) is 0.573. The molecular formula is C15H17N5O5. The van der Waals surface area contributed by atoms with E-state index in [-0.39, 0.29) is 19.0 Å². The van der Waals surface area contributed by atoms with Crippen molar-refractivity contribution in [3.63, 3.8) is 0 Å². The van der Waals surface area contributed by atoms with Gasteiger partial charge in [0.25, 0.3) is 0 Å². The number of anilines is 1. The van der Waals surface area contributed by atoms with Crippen LogP contribution in [0.4, 0.5) is 5.82 Å². The van der Waals surface area contributed by atoms with E-state index in [1.54, 1.807) is 18.4 Å². The fourth-order valence-corrected chi connectivity index (χ4v) is 2.82. The number of rotatable bonds is 5. The predicted molar refractivity (Wildman–Crippen MR) is 84.0 cm³/mol. The van der Waals surface area contributed by atoms with Gasteiger partial charge in [0.05, 0.1) is 19.2 Å². The van der Waals surface area contributed by atoms with Crippen LogP contribution in [0.15, 0.2) is 35.5 Å². The first-order chi connectivity index (χ1) is 12.1. The van der Waals surface area contributed by atoms with Crippen molar-refractivity contribution in [1.29, 1.82) is 0 Å². The van der Waals surface area contributed by atoms with Gasteiger partial charge < -0.3 is 29.8 Å². The van der Waals surface area contributed by atoms with Gasteiger partial charge in [0.1, 0.15) is 42.5 Å². The van der Waals surface area contributed by atoms with Gasteiger partial charge in [-0.15, -0.1) is 0 Å².